The number of amides is 1. The van der Waals surface area contributed by atoms with Crippen LogP contribution in [0, 0.1) is 17.6 Å². The summed E-state index contributed by atoms with van der Waals surface area (Å²) in [7, 11) is 0. The predicted molar refractivity (Wildman–Crippen MR) is 122 cm³/mol. The summed E-state index contributed by atoms with van der Waals surface area (Å²) in [6.07, 6.45) is 3.57. The van der Waals surface area contributed by atoms with Crippen LogP contribution in [0.3, 0.4) is 0 Å². The van der Waals surface area contributed by atoms with Crippen LogP contribution in [0.25, 0.3) is 11.1 Å². The lowest BCUT2D eigenvalue weighted by Crippen LogP contribution is -2.55. The topological polar surface area (TPSA) is 62.5 Å². The van der Waals surface area contributed by atoms with Crippen LogP contribution in [-0.2, 0) is 11.2 Å². The van der Waals surface area contributed by atoms with E-state index >= 15 is 0 Å². The van der Waals surface area contributed by atoms with Crippen molar-refractivity contribution in [1.29, 1.82) is 0 Å². The van der Waals surface area contributed by atoms with Crippen molar-refractivity contribution in [2.24, 2.45) is 11.1 Å². The highest BCUT2D eigenvalue weighted by molar-refractivity contribution is 7.97. The molecule has 1 unspecified atom stereocenters. The first-order valence-corrected chi connectivity index (χ1v) is 11.3. The van der Waals surface area contributed by atoms with Crippen LogP contribution in [0.2, 0.25) is 0 Å². The molecule has 32 heavy (non-hydrogen) atoms. The number of nitrogens with zero attached hydrogens (tertiary/aromatic N) is 3. The number of halogens is 2. The van der Waals surface area contributed by atoms with Gasteiger partial charge < -0.3 is 9.80 Å². The number of anilines is 2. The molecule has 3 aromatic rings. The Balaban J connectivity index is 1.28. The quantitative estimate of drug-likeness (QED) is 0.595. The average molecular weight is 453 g/mol. The maximum Gasteiger partial charge on any atom is 0.233 e. The summed E-state index contributed by atoms with van der Waals surface area (Å²) in [4.78, 5) is 21.5. The second-order valence-electron chi connectivity index (χ2n) is 8.29. The number of pyridine rings is 1. The second-order valence-corrected chi connectivity index (χ2v) is 8.97. The van der Waals surface area contributed by atoms with E-state index in [0.29, 0.717) is 30.0 Å². The number of nitrogens with two attached hydrogens (primary N) is 1. The van der Waals surface area contributed by atoms with Gasteiger partial charge in [-0.05, 0) is 66.8 Å². The number of carbonyl (C=O) groups excluding carboxylic acids is 1. The first-order valence-electron chi connectivity index (χ1n) is 10.4. The summed E-state index contributed by atoms with van der Waals surface area (Å²) in [5.41, 5.74) is 3.81. The zero-order valence-corrected chi connectivity index (χ0v) is 18.3. The number of aromatic nitrogens is 1. The van der Waals surface area contributed by atoms with E-state index in [-0.39, 0.29) is 29.5 Å². The summed E-state index contributed by atoms with van der Waals surface area (Å²) < 4.78 is 28.1. The van der Waals surface area contributed by atoms with Gasteiger partial charge in [-0.2, -0.15) is 0 Å². The smallest absolute Gasteiger partial charge is 0.233 e. The fourth-order valence-corrected chi connectivity index (χ4v) is 4.88. The van der Waals surface area contributed by atoms with Gasteiger partial charge in [0, 0.05) is 48.5 Å². The Morgan fingerprint density at radius 1 is 1.12 bits per heavy atom. The molecule has 1 aromatic heterocycles. The van der Waals surface area contributed by atoms with Crippen LogP contribution in [-0.4, -0.2) is 30.0 Å². The Bertz CT molecular complexity index is 1180. The van der Waals surface area contributed by atoms with Gasteiger partial charge in [0.05, 0.1) is 10.8 Å². The number of carbonyl (C=O) groups is 1. The highest BCUT2D eigenvalue weighted by Crippen LogP contribution is 2.38. The van der Waals surface area contributed by atoms with E-state index in [9.17, 15) is 13.6 Å². The van der Waals surface area contributed by atoms with Gasteiger partial charge >= 0.3 is 0 Å². The van der Waals surface area contributed by atoms with Crippen molar-refractivity contribution in [3.8, 4) is 11.1 Å². The van der Waals surface area contributed by atoms with Crippen molar-refractivity contribution in [2.45, 2.75) is 24.3 Å². The van der Waals surface area contributed by atoms with Crippen molar-refractivity contribution in [3.05, 3.63) is 72.1 Å². The van der Waals surface area contributed by atoms with Crippen molar-refractivity contribution >= 4 is 29.2 Å². The molecule has 8 heteroatoms. The molecule has 0 spiro atoms. The van der Waals surface area contributed by atoms with E-state index in [2.05, 4.69) is 9.88 Å². The SMILES string of the molecule is CC1Cc2cc(F)c(SN)cc2N1C(=O)C1CN(c2ccc(-c3cnccc3F)cc2)C1. The van der Waals surface area contributed by atoms with E-state index in [4.69, 9.17) is 5.14 Å². The number of hydrogen-bond acceptors (Lipinski definition) is 5. The Hall–Kier alpha value is -2.97. The molecule has 1 saturated heterocycles. The van der Waals surface area contributed by atoms with E-state index in [1.54, 1.807) is 11.0 Å². The predicted octanol–water partition coefficient (Wildman–Crippen LogP) is 4.41. The Morgan fingerprint density at radius 3 is 2.56 bits per heavy atom. The first-order chi connectivity index (χ1) is 15.5. The van der Waals surface area contributed by atoms with E-state index in [1.807, 2.05) is 31.2 Å². The zero-order chi connectivity index (χ0) is 22.4. The molecule has 164 valence electrons. The maximum atomic E-state index is 14.1. The van der Waals surface area contributed by atoms with E-state index in [0.717, 1.165) is 34.4 Å². The van der Waals surface area contributed by atoms with Gasteiger partial charge in [0.25, 0.3) is 0 Å². The number of hydrogen-bond donors (Lipinski definition) is 1. The Labute approximate surface area is 189 Å². The second kappa shape index (κ2) is 8.18. The van der Waals surface area contributed by atoms with Gasteiger partial charge in [0.1, 0.15) is 11.6 Å². The van der Waals surface area contributed by atoms with Crippen LogP contribution in [0.4, 0.5) is 20.2 Å². The normalized spacial score (nSPS) is 17.9. The van der Waals surface area contributed by atoms with Gasteiger partial charge in [0.15, 0.2) is 0 Å². The summed E-state index contributed by atoms with van der Waals surface area (Å²) in [6, 6.07) is 12.1. The molecule has 3 heterocycles. The third-order valence-electron chi connectivity index (χ3n) is 6.26. The monoisotopic (exact) mass is 452 g/mol. The molecule has 0 aliphatic carbocycles. The van der Waals surface area contributed by atoms with Gasteiger partial charge in [-0.15, -0.1) is 0 Å². The average Bonchev–Trinajstić information content (AvgIpc) is 3.07. The van der Waals surface area contributed by atoms with Gasteiger partial charge in [0.2, 0.25) is 5.91 Å². The van der Waals surface area contributed by atoms with Crippen LogP contribution in [0.15, 0.2) is 59.8 Å². The number of fused-ring (bicyclic) bond motifs is 1. The van der Waals surface area contributed by atoms with Crippen LogP contribution < -0.4 is 14.9 Å². The third-order valence-corrected chi connectivity index (χ3v) is 6.82. The summed E-state index contributed by atoms with van der Waals surface area (Å²) >= 11 is 0.854. The zero-order valence-electron chi connectivity index (χ0n) is 17.5. The van der Waals surface area contributed by atoms with Crippen molar-refractivity contribution < 1.29 is 13.6 Å². The lowest BCUT2D eigenvalue weighted by Gasteiger charge is -2.42. The molecule has 2 aliphatic heterocycles. The molecule has 5 rings (SSSR count). The van der Waals surface area contributed by atoms with Crippen LogP contribution in [0.5, 0.6) is 0 Å². The molecule has 0 saturated carbocycles. The lowest BCUT2D eigenvalue weighted by atomic mass is 9.96. The van der Waals surface area contributed by atoms with Gasteiger partial charge in [-0.3, -0.25) is 14.9 Å². The fraction of sp³-hybridized carbons (Fsp3) is 0.250. The first kappa shape index (κ1) is 20.9. The number of benzene rings is 2. The molecule has 0 radical (unpaired) electrons. The van der Waals surface area contributed by atoms with Gasteiger partial charge in [-0.1, -0.05) is 12.1 Å². The summed E-state index contributed by atoms with van der Waals surface area (Å²) in [5, 5.41) is 5.58. The van der Waals surface area contributed by atoms with Gasteiger partial charge in [-0.25, -0.2) is 8.78 Å². The minimum absolute atomic E-state index is 0.0161. The molecule has 1 amide bonds. The van der Waals surface area contributed by atoms with Crippen molar-refractivity contribution in [1.82, 2.24) is 4.98 Å². The summed E-state index contributed by atoms with van der Waals surface area (Å²) in [5.74, 6) is -0.723. The molecule has 1 atom stereocenters. The molecule has 2 aromatic carbocycles. The van der Waals surface area contributed by atoms with Crippen molar-refractivity contribution in [3.63, 3.8) is 0 Å². The number of rotatable bonds is 4. The highest BCUT2D eigenvalue weighted by atomic mass is 32.2. The van der Waals surface area contributed by atoms with E-state index in [1.165, 1.54) is 24.5 Å². The fourth-order valence-electron chi connectivity index (χ4n) is 4.53. The standard InChI is InChI=1S/C24H22F2N4OS/c1-14-8-16-9-21(26)23(32-27)10-22(16)30(14)24(31)17-12-29(13-17)18-4-2-15(3-5-18)19-11-28-7-6-20(19)25/h2-7,9-11,14,17H,8,12-13,27H2,1H3. The van der Waals surface area contributed by atoms with Crippen LogP contribution in [0.1, 0.15) is 12.5 Å². The molecule has 2 aliphatic rings. The van der Waals surface area contributed by atoms with Crippen LogP contribution >= 0.6 is 11.9 Å². The van der Waals surface area contributed by atoms with Crippen molar-refractivity contribution in [2.75, 3.05) is 22.9 Å². The maximum absolute atomic E-state index is 14.1. The molecular formula is C24H22F2N4OS. The molecule has 0 bridgehead atoms. The third kappa shape index (κ3) is 3.53. The molecule has 5 nitrogen and oxygen atoms in total. The minimum Gasteiger partial charge on any atom is -0.370 e. The van der Waals surface area contributed by atoms with E-state index < -0.39 is 0 Å². The minimum atomic E-state index is -0.345. The lowest BCUT2D eigenvalue weighted by molar-refractivity contribution is -0.123. The molecule has 1 fully saturated rings. The summed E-state index contributed by atoms with van der Waals surface area (Å²) in [6.45, 7) is 3.20. The largest absolute Gasteiger partial charge is 0.370 e. The molecule has 2 N–H and O–H groups in total. The Morgan fingerprint density at radius 2 is 1.88 bits per heavy atom. The Kier molecular flexibility index (Phi) is 5.35. The highest BCUT2D eigenvalue weighted by Gasteiger charge is 2.40. The molecular weight excluding hydrogens is 430 g/mol.